The van der Waals surface area contributed by atoms with Crippen molar-refractivity contribution in [3.63, 3.8) is 0 Å². The Morgan fingerprint density at radius 1 is 1.44 bits per heavy atom. The molecule has 96 valence electrons. The molecule has 0 amide bonds. The van der Waals surface area contributed by atoms with Crippen LogP contribution in [0.3, 0.4) is 0 Å². The molecule has 0 radical (unpaired) electrons. The fourth-order valence-electron chi connectivity index (χ4n) is 2.97. The van der Waals surface area contributed by atoms with Crippen molar-refractivity contribution in [2.45, 2.75) is 37.1 Å². The summed E-state index contributed by atoms with van der Waals surface area (Å²) < 4.78 is 5.62. The number of nitrogens with one attached hydrogen (secondary N) is 1. The SMILES string of the molecule is Nc1ncnc2c1N[C@@H]1[C@H](O)[C@H]3O[C@H](C[C@@H]3O)N21. The monoisotopic (exact) mass is 251 g/mol. The Hall–Kier alpha value is -1.64. The van der Waals surface area contributed by atoms with E-state index >= 15 is 0 Å². The maximum Gasteiger partial charge on any atom is 0.161 e. The molecule has 4 rings (SSSR count). The summed E-state index contributed by atoms with van der Waals surface area (Å²) in [6, 6.07) is 0. The molecule has 0 aromatic carbocycles. The Kier molecular flexibility index (Phi) is 1.84. The molecule has 0 aliphatic carbocycles. The highest BCUT2D eigenvalue weighted by Gasteiger charge is 2.55. The van der Waals surface area contributed by atoms with E-state index in [0.717, 1.165) is 0 Å². The minimum absolute atomic E-state index is 0.290. The Morgan fingerprint density at radius 3 is 3.11 bits per heavy atom. The predicted octanol–water partition coefficient (Wildman–Crippen LogP) is -1.53. The number of ether oxygens (including phenoxy) is 1. The standard InChI is InChI=1S/C10H13N5O3/c11-8-5-9(13-2-12-8)15-4-1-3(16)7(18-4)6(17)10(15)14-5/h2-4,6-7,10,14,16-17H,1H2,(H2,11,12,13)/t3-,4+,6+,7-,10-/m0/s1. The summed E-state index contributed by atoms with van der Waals surface area (Å²) in [6.45, 7) is 0. The molecule has 2 fully saturated rings. The number of aromatic nitrogens is 2. The number of nitrogens with two attached hydrogens (primary N) is 1. The normalized spacial score (nSPS) is 40.3. The fraction of sp³-hybridized carbons (Fsp3) is 0.600. The van der Waals surface area contributed by atoms with Gasteiger partial charge in [-0.25, -0.2) is 9.97 Å². The second-order valence-electron chi connectivity index (χ2n) is 4.80. The molecule has 1 aromatic heterocycles. The van der Waals surface area contributed by atoms with Gasteiger partial charge in [-0.15, -0.1) is 0 Å². The number of fused-ring (bicyclic) bond motifs is 6. The predicted molar refractivity (Wildman–Crippen MR) is 61.6 cm³/mol. The summed E-state index contributed by atoms with van der Waals surface area (Å²) in [5.74, 6) is 0.960. The van der Waals surface area contributed by atoms with Crippen LogP contribution in [0.4, 0.5) is 17.3 Å². The highest BCUT2D eigenvalue weighted by atomic mass is 16.6. The number of hydrogen-bond acceptors (Lipinski definition) is 8. The van der Waals surface area contributed by atoms with E-state index in [9.17, 15) is 10.2 Å². The number of nitrogen functional groups attached to an aromatic ring is 1. The van der Waals surface area contributed by atoms with Crippen molar-refractivity contribution < 1.29 is 14.9 Å². The van der Waals surface area contributed by atoms with Gasteiger partial charge in [-0.05, 0) is 0 Å². The first-order valence-corrected chi connectivity index (χ1v) is 5.84. The van der Waals surface area contributed by atoms with Gasteiger partial charge in [0, 0.05) is 6.42 Å². The molecule has 0 spiro atoms. The van der Waals surface area contributed by atoms with Gasteiger partial charge < -0.3 is 30.9 Å². The molecule has 8 heteroatoms. The molecule has 1 aromatic rings. The van der Waals surface area contributed by atoms with Gasteiger partial charge in [0.05, 0.1) is 6.10 Å². The molecule has 0 unspecified atom stereocenters. The van der Waals surface area contributed by atoms with Crippen molar-refractivity contribution in [1.29, 1.82) is 0 Å². The van der Waals surface area contributed by atoms with Crippen molar-refractivity contribution in [1.82, 2.24) is 9.97 Å². The second kappa shape index (κ2) is 3.22. The van der Waals surface area contributed by atoms with Gasteiger partial charge in [-0.2, -0.15) is 0 Å². The number of hydrogen-bond donors (Lipinski definition) is 4. The van der Waals surface area contributed by atoms with Gasteiger partial charge in [-0.3, -0.25) is 0 Å². The number of anilines is 3. The lowest BCUT2D eigenvalue weighted by atomic mass is 10.1. The third-order valence-corrected chi connectivity index (χ3v) is 3.80. The summed E-state index contributed by atoms with van der Waals surface area (Å²) in [5, 5.41) is 23.2. The summed E-state index contributed by atoms with van der Waals surface area (Å²) in [6.07, 6.45) is -0.897. The van der Waals surface area contributed by atoms with Crippen LogP contribution in [0.2, 0.25) is 0 Å². The third-order valence-electron chi connectivity index (χ3n) is 3.80. The van der Waals surface area contributed by atoms with E-state index < -0.39 is 18.3 Å². The molecular weight excluding hydrogens is 238 g/mol. The molecule has 5 N–H and O–H groups in total. The maximum absolute atomic E-state index is 10.2. The average molecular weight is 251 g/mol. The van der Waals surface area contributed by atoms with E-state index in [4.69, 9.17) is 10.5 Å². The third kappa shape index (κ3) is 1.10. The lowest BCUT2D eigenvalue weighted by Crippen LogP contribution is -2.58. The van der Waals surface area contributed by atoms with Crippen LogP contribution in [0.25, 0.3) is 0 Å². The van der Waals surface area contributed by atoms with Crippen molar-refractivity contribution in [3.8, 4) is 0 Å². The minimum Gasteiger partial charge on any atom is -0.390 e. The highest BCUT2D eigenvalue weighted by molar-refractivity contribution is 5.81. The number of aliphatic hydroxyl groups is 2. The molecule has 3 aliphatic heterocycles. The smallest absolute Gasteiger partial charge is 0.161 e. The van der Waals surface area contributed by atoms with Crippen molar-refractivity contribution >= 4 is 17.3 Å². The zero-order valence-corrected chi connectivity index (χ0v) is 9.39. The topological polar surface area (TPSA) is 117 Å². The largest absolute Gasteiger partial charge is 0.390 e. The molecule has 5 atom stereocenters. The van der Waals surface area contributed by atoms with Crippen LogP contribution in [-0.2, 0) is 4.74 Å². The van der Waals surface area contributed by atoms with Crippen LogP contribution in [0, 0.1) is 0 Å². The molecule has 0 saturated carbocycles. The van der Waals surface area contributed by atoms with Crippen molar-refractivity contribution in [2.24, 2.45) is 0 Å². The van der Waals surface area contributed by atoms with Gasteiger partial charge in [-0.1, -0.05) is 0 Å². The molecule has 2 saturated heterocycles. The first-order chi connectivity index (χ1) is 8.66. The van der Waals surface area contributed by atoms with Crippen LogP contribution in [0.5, 0.6) is 0 Å². The average Bonchev–Trinajstić information content (AvgIpc) is 2.88. The first-order valence-electron chi connectivity index (χ1n) is 5.84. The van der Waals surface area contributed by atoms with Gasteiger partial charge in [0.15, 0.2) is 11.6 Å². The van der Waals surface area contributed by atoms with E-state index in [2.05, 4.69) is 15.3 Å². The zero-order chi connectivity index (χ0) is 12.4. The van der Waals surface area contributed by atoms with Crippen molar-refractivity contribution in [2.75, 3.05) is 16.0 Å². The quantitative estimate of drug-likeness (QED) is 0.438. The Bertz CT molecular complexity index is 512. The molecule has 8 nitrogen and oxygen atoms in total. The lowest BCUT2D eigenvalue weighted by Gasteiger charge is -2.39. The van der Waals surface area contributed by atoms with Gasteiger partial charge in [0.25, 0.3) is 0 Å². The van der Waals surface area contributed by atoms with Crippen LogP contribution in [0.1, 0.15) is 6.42 Å². The Morgan fingerprint density at radius 2 is 2.28 bits per heavy atom. The molecule has 3 aliphatic rings. The van der Waals surface area contributed by atoms with Crippen molar-refractivity contribution in [3.05, 3.63) is 6.33 Å². The van der Waals surface area contributed by atoms with E-state index in [0.29, 0.717) is 23.7 Å². The lowest BCUT2D eigenvalue weighted by molar-refractivity contribution is -0.1000. The molecule has 2 bridgehead atoms. The molecule has 4 heterocycles. The van der Waals surface area contributed by atoms with Crippen LogP contribution in [-0.4, -0.2) is 50.9 Å². The van der Waals surface area contributed by atoms with Gasteiger partial charge >= 0.3 is 0 Å². The molecular formula is C10H13N5O3. The van der Waals surface area contributed by atoms with Gasteiger partial charge in [0.2, 0.25) is 0 Å². The van der Waals surface area contributed by atoms with Crippen LogP contribution in [0.15, 0.2) is 6.33 Å². The summed E-state index contributed by atoms with van der Waals surface area (Å²) in [5.41, 5.74) is 6.40. The van der Waals surface area contributed by atoms with Crippen LogP contribution < -0.4 is 16.0 Å². The minimum atomic E-state index is -0.840. The fourth-order valence-corrected chi connectivity index (χ4v) is 2.97. The van der Waals surface area contributed by atoms with Crippen LogP contribution >= 0.6 is 0 Å². The first kappa shape index (κ1) is 10.3. The summed E-state index contributed by atoms with van der Waals surface area (Å²) in [7, 11) is 0. The van der Waals surface area contributed by atoms with E-state index in [1.807, 2.05) is 4.90 Å². The van der Waals surface area contributed by atoms with E-state index in [1.165, 1.54) is 6.33 Å². The van der Waals surface area contributed by atoms with Gasteiger partial charge in [0.1, 0.15) is 36.6 Å². The summed E-state index contributed by atoms with van der Waals surface area (Å²) >= 11 is 0. The zero-order valence-electron chi connectivity index (χ0n) is 9.39. The Balaban J connectivity index is 1.82. The Labute approximate surface area is 102 Å². The summed E-state index contributed by atoms with van der Waals surface area (Å²) in [4.78, 5) is 9.92. The maximum atomic E-state index is 10.2. The number of nitrogens with zero attached hydrogens (tertiary/aromatic N) is 3. The second-order valence-corrected chi connectivity index (χ2v) is 4.80. The van der Waals surface area contributed by atoms with E-state index in [-0.39, 0.29) is 12.4 Å². The number of rotatable bonds is 0. The molecule has 18 heavy (non-hydrogen) atoms. The number of aliphatic hydroxyl groups excluding tert-OH is 2. The highest BCUT2D eigenvalue weighted by Crippen LogP contribution is 2.45. The van der Waals surface area contributed by atoms with E-state index in [1.54, 1.807) is 0 Å².